The molecule has 0 aliphatic heterocycles. The zero-order chi connectivity index (χ0) is 14.8. The second kappa shape index (κ2) is 5.41. The summed E-state index contributed by atoms with van der Waals surface area (Å²) >= 11 is 0. The molecule has 0 radical (unpaired) electrons. The van der Waals surface area contributed by atoms with Crippen LogP contribution in [0.4, 0.5) is 0 Å². The van der Waals surface area contributed by atoms with Crippen molar-refractivity contribution in [2.45, 2.75) is 26.7 Å². The van der Waals surface area contributed by atoms with Crippen LogP contribution >= 0.6 is 0 Å². The molecule has 0 aliphatic carbocycles. The van der Waals surface area contributed by atoms with E-state index in [9.17, 15) is 5.26 Å². The van der Waals surface area contributed by atoms with E-state index in [1.54, 1.807) is 0 Å². The molecule has 1 aromatic carbocycles. The minimum atomic E-state index is 0.633. The minimum absolute atomic E-state index is 0.633. The summed E-state index contributed by atoms with van der Waals surface area (Å²) in [6.07, 6.45) is 3.63. The summed E-state index contributed by atoms with van der Waals surface area (Å²) in [6.45, 7) is 4.16. The van der Waals surface area contributed by atoms with E-state index in [2.05, 4.69) is 42.2 Å². The zero-order valence-electron chi connectivity index (χ0n) is 12.3. The fraction of sp³-hybridized carbons (Fsp3) is 0.222. The van der Waals surface area contributed by atoms with Crippen molar-refractivity contribution in [1.29, 1.82) is 5.26 Å². The van der Waals surface area contributed by atoms with Crippen molar-refractivity contribution >= 4 is 5.65 Å². The first-order valence-electron chi connectivity index (χ1n) is 7.17. The van der Waals surface area contributed by atoms with Crippen LogP contribution in [0.1, 0.15) is 35.0 Å². The molecule has 0 bridgehead atoms. The lowest BCUT2D eigenvalue weighted by atomic mass is 10.1. The molecule has 21 heavy (non-hydrogen) atoms. The Morgan fingerprint density at radius 2 is 1.86 bits per heavy atom. The Morgan fingerprint density at radius 3 is 2.52 bits per heavy atom. The van der Waals surface area contributed by atoms with Gasteiger partial charge in [-0.05, 0) is 36.1 Å². The van der Waals surface area contributed by atoms with Crippen LogP contribution in [0.3, 0.4) is 0 Å². The highest BCUT2D eigenvalue weighted by atomic mass is 15.0. The van der Waals surface area contributed by atoms with Gasteiger partial charge in [0, 0.05) is 12.6 Å². The lowest BCUT2D eigenvalue weighted by Crippen LogP contribution is -1.94. The van der Waals surface area contributed by atoms with Gasteiger partial charge >= 0.3 is 0 Å². The zero-order valence-corrected chi connectivity index (χ0v) is 12.3. The molecule has 0 atom stereocenters. The normalized spacial score (nSPS) is 10.7. The SMILES string of the molecule is CCc1ccc(Cc2nc3c(C)cccn3c2C#N)cc1. The Labute approximate surface area is 124 Å². The molecule has 3 rings (SSSR count). The summed E-state index contributed by atoms with van der Waals surface area (Å²) in [7, 11) is 0. The van der Waals surface area contributed by atoms with Gasteiger partial charge in [-0.2, -0.15) is 5.26 Å². The average Bonchev–Trinajstić information content (AvgIpc) is 2.87. The van der Waals surface area contributed by atoms with Crippen molar-refractivity contribution in [1.82, 2.24) is 9.38 Å². The highest BCUT2D eigenvalue weighted by Crippen LogP contribution is 2.18. The van der Waals surface area contributed by atoms with Gasteiger partial charge in [0.15, 0.2) is 0 Å². The van der Waals surface area contributed by atoms with Crippen LogP contribution in [0.5, 0.6) is 0 Å². The third kappa shape index (κ3) is 2.41. The van der Waals surface area contributed by atoms with Gasteiger partial charge in [0.1, 0.15) is 17.4 Å². The fourth-order valence-corrected chi connectivity index (χ4v) is 2.58. The molecular weight excluding hydrogens is 258 g/mol. The fourth-order valence-electron chi connectivity index (χ4n) is 2.58. The van der Waals surface area contributed by atoms with Crippen molar-refractivity contribution in [3.8, 4) is 6.07 Å². The van der Waals surface area contributed by atoms with Gasteiger partial charge < -0.3 is 0 Å². The predicted molar refractivity (Wildman–Crippen MR) is 83.3 cm³/mol. The van der Waals surface area contributed by atoms with Crippen molar-refractivity contribution < 1.29 is 0 Å². The van der Waals surface area contributed by atoms with E-state index in [0.29, 0.717) is 12.1 Å². The molecule has 3 nitrogen and oxygen atoms in total. The van der Waals surface area contributed by atoms with Gasteiger partial charge in [0.2, 0.25) is 0 Å². The van der Waals surface area contributed by atoms with Crippen LogP contribution in [-0.4, -0.2) is 9.38 Å². The number of fused-ring (bicyclic) bond motifs is 1. The third-order valence-electron chi connectivity index (χ3n) is 3.83. The van der Waals surface area contributed by atoms with E-state index in [-0.39, 0.29) is 0 Å². The molecule has 2 aromatic heterocycles. The highest BCUT2D eigenvalue weighted by molar-refractivity contribution is 5.53. The van der Waals surface area contributed by atoms with Crippen molar-refractivity contribution in [2.24, 2.45) is 0 Å². The number of aryl methyl sites for hydroxylation is 2. The molecule has 0 fully saturated rings. The molecule has 0 unspecified atom stereocenters. The molecule has 0 N–H and O–H groups in total. The van der Waals surface area contributed by atoms with Crippen LogP contribution in [0.2, 0.25) is 0 Å². The summed E-state index contributed by atoms with van der Waals surface area (Å²) < 4.78 is 1.88. The lowest BCUT2D eigenvalue weighted by Gasteiger charge is -2.01. The van der Waals surface area contributed by atoms with Crippen molar-refractivity contribution in [2.75, 3.05) is 0 Å². The Balaban J connectivity index is 2.03. The van der Waals surface area contributed by atoms with E-state index in [1.165, 1.54) is 11.1 Å². The van der Waals surface area contributed by atoms with Crippen LogP contribution < -0.4 is 0 Å². The second-order valence-corrected chi connectivity index (χ2v) is 5.25. The van der Waals surface area contributed by atoms with Gasteiger partial charge in [-0.25, -0.2) is 4.98 Å². The number of nitriles is 1. The van der Waals surface area contributed by atoms with Crippen molar-refractivity contribution in [3.63, 3.8) is 0 Å². The number of hydrogen-bond donors (Lipinski definition) is 0. The Bertz CT molecular complexity index is 820. The third-order valence-corrected chi connectivity index (χ3v) is 3.83. The first-order valence-corrected chi connectivity index (χ1v) is 7.17. The number of pyridine rings is 1. The van der Waals surface area contributed by atoms with E-state index >= 15 is 0 Å². The predicted octanol–water partition coefficient (Wildman–Crippen LogP) is 3.67. The monoisotopic (exact) mass is 275 g/mol. The first-order chi connectivity index (χ1) is 10.2. The van der Waals surface area contributed by atoms with Gasteiger partial charge in [0.05, 0.1) is 5.69 Å². The van der Waals surface area contributed by atoms with Gasteiger partial charge in [-0.3, -0.25) is 4.40 Å². The topological polar surface area (TPSA) is 41.1 Å². The molecular formula is C18H17N3. The maximum atomic E-state index is 9.45. The molecule has 2 heterocycles. The summed E-state index contributed by atoms with van der Waals surface area (Å²) in [5.41, 5.74) is 5.94. The largest absolute Gasteiger partial charge is 0.291 e. The first kappa shape index (κ1) is 13.4. The molecule has 0 amide bonds. The van der Waals surface area contributed by atoms with Crippen LogP contribution in [0, 0.1) is 18.3 Å². The minimum Gasteiger partial charge on any atom is -0.291 e. The highest BCUT2D eigenvalue weighted by Gasteiger charge is 2.13. The lowest BCUT2D eigenvalue weighted by molar-refractivity contribution is 1.07. The molecule has 0 aliphatic rings. The summed E-state index contributed by atoms with van der Waals surface area (Å²) in [6, 6.07) is 14.8. The van der Waals surface area contributed by atoms with Crippen LogP contribution in [0.25, 0.3) is 5.65 Å². The molecule has 3 heteroatoms. The molecule has 0 saturated carbocycles. The molecule has 0 saturated heterocycles. The smallest absolute Gasteiger partial charge is 0.148 e. The Hall–Kier alpha value is -2.60. The number of rotatable bonds is 3. The molecule has 104 valence electrons. The van der Waals surface area contributed by atoms with Gasteiger partial charge in [-0.15, -0.1) is 0 Å². The standard InChI is InChI=1S/C18H17N3/c1-3-14-6-8-15(9-7-14)11-16-17(12-19)21-10-4-5-13(2)18(21)20-16/h4-10H,3,11H2,1-2H3. The number of benzene rings is 1. The summed E-state index contributed by atoms with van der Waals surface area (Å²) in [5, 5.41) is 9.45. The van der Waals surface area contributed by atoms with Gasteiger partial charge in [0.25, 0.3) is 0 Å². The molecule has 0 spiro atoms. The number of aromatic nitrogens is 2. The summed E-state index contributed by atoms with van der Waals surface area (Å²) in [4.78, 5) is 4.66. The number of nitrogens with zero attached hydrogens (tertiary/aromatic N) is 3. The van der Waals surface area contributed by atoms with E-state index < -0.39 is 0 Å². The van der Waals surface area contributed by atoms with Crippen LogP contribution in [0.15, 0.2) is 42.6 Å². The Kier molecular flexibility index (Phi) is 3.45. The quantitative estimate of drug-likeness (QED) is 0.732. The summed E-state index contributed by atoms with van der Waals surface area (Å²) in [5.74, 6) is 0. The number of hydrogen-bond acceptors (Lipinski definition) is 2. The average molecular weight is 275 g/mol. The van der Waals surface area contributed by atoms with Crippen molar-refractivity contribution in [3.05, 3.63) is 70.7 Å². The van der Waals surface area contributed by atoms with E-state index in [4.69, 9.17) is 0 Å². The van der Waals surface area contributed by atoms with E-state index in [0.717, 1.165) is 23.3 Å². The molecule has 3 aromatic rings. The van der Waals surface area contributed by atoms with E-state index in [1.807, 2.05) is 29.7 Å². The maximum absolute atomic E-state index is 9.45. The second-order valence-electron chi connectivity index (χ2n) is 5.25. The number of imidazole rings is 1. The Morgan fingerprint density at radius 1 is 1.14 bits per heavy atom. The van der Waals surface area contributed by atoms with Gasteiger partial charge in [-0.1, -0.05) is 37.3 Å². The maximum Gasteiger partial charge on any atom is 0.148 e. The van der Waals surface area contributed by atoms with Crippen LogP contribution in [-0.2, 0) is 12.8 Å².